The topological polar surface area (TPSA) is 120 Å². The van der Waals surface area contributed by atoms with E-state index in [1.807, 2.05) is 41.8 Å². The van der Waals surface area contributed by atoms with Crippen LogP contribution in [0.3, 0.4) is 0 Å². The van der Waals surface area contributed by atoms with Gasteiger partial charge in [0.05, 0.1) is 10.2 Å². The van der Waals surface area contributed by atoms with E-state index in [9.17, 15) is 19.7 Å². The number of anilines is 1. The van der Waals surface area contributed by atoms with Crippen LogP contribution in [-0.4, -0.2) is 36.6 Å². The minimum atomic E-state index is -0.464. The normalized spacial score (nSPS) is 11.6. The molecule has 0 aliphatic heterocycles. The SMILES string of the molecule is CC[C@H](Sc1nnc(-c2ccc([N+](=O)[O-])cc2)n1-c1ccccc1)C(=O)Nc1ccc(C(C)=O)cc1. The van der Waals surface area contributed by atoms with Crippen molar-refractivity contribution in [2.45, 2.75) is 30.7 Å². The third-order valence-corrected chi connectivity index (χ3v) is 6.76. The van der Waals surface area contributed by atoms with E-state index in [0.717, 1.165) is 5.69 Å². The Hall–Kier alpha value is -4.31. The number of nitrogens with zero attached hydrogens (tertiary/aromatic N) is 4. The highest BCUT2D eigenvalue weighted by Crippen LogP contribution is 2.32. The Morgan fingerprint density at radius 1 is 1.00 bits per heavy atom. The molecule has 1 N–H and O–H groups in total. The molecule has 0 unspecified atom stereocenters. The molecule has 0 radical (unpaired) electrons. The van der Waals surface area contributed by atoms with Crippen molar-refractivity contribution in [2.75, 3.05) is 5.32 Å². The molecule has 0 bridgehead atoms. The molecule has 1 heterocycles. The van der Waals surface area contributed by atoms with Gasteiger partial charge >= 0.3 is 0 Å². The van der Waals surface area contributed by atoms with Crippen molar-refractivity contribution in [2.24, 2.45) is 0 Å². The fourth-order valence-corrected chi connectivity index (χ4v) is 4.51. The number of hydrogen-bond acceptors (Lipinski definition) is 7. The predicted octanol–water partition coefficient (Wildman–Crippen LogP) is 5.55. The standard InChI is InChI=1S/C26H23N5O4S/c1-3-23(25(33)27-20-13-9-18(10-14-20)17(2)32)36-26-29-28-24(30(26)21-7-5-4-6-8-21)19-11-15-22(16-12-19)31(34)35/h4-16,23H,3H2,1-2H3,(H,27,33)/t23-/m0/s1. The second kappa shape index (κ2) is 11.0. The number of nitrogens with one attached hydrogen (secondary N) is 1. The van der Waals surface area contributed by atoms with E-state index >= 15 is 0 Å². The summed E-state index contributed by atoms with van der Waals surface area (Å²) in [6.45, 7) is 3.40. The molecule has 0 aliphatic carbocycles. The summed E-state index contributed by atoms with van der Waals surface area (Å²) in [6.07, 6.45) is 0.538. The number of non-ortho nitro benzene ring substituents is 1. The molecule has 4 aromatic rings. The van der Waals surface area contributed by atoms with Crippen molar-refractivity contribution in [1.82, 2.24) is 14.8 Å². The molecule has 182 valence electrons. The number of ketones is 1. The lowest BCUT2D eigenvalue weighted by atomic mass is 10.1. The van der Waals surface area contributed by atoms with Gasteiger partial charge in [-0.2, -0.15) is 0 Å². The smallest absolute Gasteiger partial charge is 0.269 e. The van der Waals surface area contributed by atoms with E-state index in [2.05, 4.69) is 15.5 Å². The Morgan fingerprint density at radius 2 is 1.67 bits per heavy atom. The van der Waals surface area contributed by atoms with Crippen molar-refractivity contribution in [3.8, 4) is 17.1 Å². The van der Waals surface area contributed by atoms with E-state index in [0.29, 0.717) is 34.2 Å². The maximum absolute atomic E-state index is 13.1. The Labute approximate surface area is 211 Å². The average Bonchev–Trinajstić information content (AvgIpc) is 3.31. The van der Waals surface area contributed by atoms with E-state index in [1.165, 1.54) is 30.8 Å². The second-order valence-corrected chi connectivity index (χ2v) is 9.09. The first-order valence-corrected chi connectivity index (χ1v) is 12.1. The molecule has 0 aliphatic rings. The van der Waals surface area contributed by atoms with Gasteiger partial charge in [-0.3, -0.25) is 24.3 Å². The molecule has 36 heavy (non-hydrogen) atoms. The van der Waals surface area contributed by atoms with E-state index in [1.54, 1.807) is 36.4 Å². The number of hydrogen-bond donors (Lipinski definition) is 1. The fourth-order valence-electron chi connectivity index (χ4n) is 3.54. The van der Waals surface area contributed by atoms with Crippen LogP contribution in [0.15, 0.2) is 84.0 Å². The summed E-state index contributed by atoms with van der Waals surface area (Å²) < 4.78 is 1.84. The molecule has 4 rings (SSSR count). The fraction of sp³-hybridized carbons (Fsp3) is 0.154. The summed E-state index contributed by atoms with van der Waals surface area (Å²) in [5.41, 5.74) is 2.61. The van der Waals surface area contributed by atoms with Gasteiger partial charge in [-0.1, -0.05) is 36.9 Å². The number of thioether (sulfide) groups is 1. The zero-order valence-electron chi connectivity index (χ0n) is 19.6. The Kier molecular flexibility index (Phi) is 7.55. The lowest BCUT2D eigenvalue weighted by Crippen LogP contribution is -2.25. The van der Waals surface area contributed by atoms with Crippen molar-refractivity contribution < 1.29 is 14.5 Å². The van der Waals surface area contributed by atoms with Gasteiger partial charge in [-0.25, -0.2) is 0 Å². The van der Waals surface area contributed by atoms with Gasteiger partial charge in [-0.15, -0.1) is 10.2 Å². The lowest BCUT2D eigenvalue weighted by molar-refractivity contribution is -0.384. The van der Waals surface area contributed by atoms with Gasteiger partial charge in [0.2, 0.25) is 5.91 Å². The number of amides is 1. The van der Waals surface area contributed by atoms with Crippen LogP contribution in [0.2, 0.25) is 0 Å². The second-order valence-electron chi connectivity index (χ2n) is 7.92. The molecular formula is C26H23N5O4S. The van der Waals surface area contributed by atoms with Gasteiger partial charge < -0.3 is 5.32 Å². The van der Waals surface area contributed by atoms with Crippen molar-refractivity contribution in [3.05, 3.63) is 94.5 Å². The van der Waals surface area contributed by atoms with Crippen LogP contribution in [0.1, 0.15) is 30.6 Å². The van der Waals surface area contributed by atoms with E-state index < -0.39 is 10.2 Å². The zero-order chi connectivity index (χ0) is 25.7. The highest BCUT2D eigenvalue weighted by atomic mass is 32.2. The van der Waals surface area contributed by atoms with Crippen molar-refractivity contribution in [1.29, 1.82) is 0 Å². The monoisotopic (exact) mass is 501 g/mol. The van der Waals surface area contributed by atoms with Gasteiger partial charge in [0, 0.05) is 34.6 Å². The number of nitro benzene ring substituents is 1. The Balaban J connectivity index is 1.63. The minimum Gasteiger partial charge on any atom is -0.325 e. The highest BCUT2D eigenvalue weighted by Gasteiger charge is 2.24. The Bertz CT molecular complexity index is 1390. The maximum atomic E-state index is 13.1. The Morgan fingerprint density at radius 3 is 2.25 bits per heavy atom. The molecule has 3 aromatic carbocycles. The van der Waals surface area contributed by atoms with E-state index in [4.69, 9.17) is 0 Å². The number of carbonyl (C=O) groups excluding carboxylic acids is 2. The van der Waals surface area contributed by atoms with Crippen LogP contribution < -0.4 is 5.32 Å². The predicted molar refractivity (Wildman–Crippen MR) is 138 cm³/mol. The quantitative estimate of drug-likeness (QED) is 0.138. The first-order valence-electron chi connectivity index (χ1n) is 11.2. The van der Waals surface area contributed by atoms with Gasteiger partial charge in [0.15, 0.2) is 16.8 Å². The molecule has 1 aromatic heterocycles. The van der Waals surface area contributed by atoms with E-state index in [-0.39, 0.29) is 17.4 Å². The van der Waals surface area contributed by atoms with Crippen LogP contribution in [-0.2, 0) is 4.79 Å². The molecule has 10 heteroatoms. The number of Topliss-reactive ketones (excluding diaryl/α,β-unsaturated/α-hetero) is 1. The van der Waals surface area contributed by atoms with Gasteiger partial charge in [-0.05, 0) is 61.9 Å². The summed E-state index contributed by atoms with van der Waals surface area (Å²) in [6, 6.07) is 22.3. The molecule has 1 amide bonds. The first-order chi connectivity index (χ1) is 17.4. The van der Waals surface area contributed by atoms with Crippen LogP contribution in [0.4, 0.5) is 11.4 Å². The largest absolute Gasteiger partial charge is 0.325 e. The molecule has 1 atom stereocenters. The first kappa shape index (κ1) is 24.8. The summed E-state index contributed by atoms with van der Waals surface area (Å²) in [7, 11) is 0. The minimum absolute atomic E-state index is 0.0156. The number of nitro groups is 1. The molecule has 9 nitrogen and oxygen atoms in total. The highest BCUT2D eigenvalue weighted by molar-refractivity contribution is 8.00. The van der Waals surface area contributed by atoms with Crippen molar-refractivity contribution >= 4 is 34.8 Å². The zero-order valence-corrected chi connectivity index (χ0v) is 20.4. The summed E-state index contributed by atoms with van der Waals surface area (Å²) in [5, 5.41) is 22.7. The molecule has 0 fully saturated rings. The number of rotatable bonds is 9. The molecule has 0 saturated carbocycles. The maximum Gasteiger partial charge on any atom is 0.269 e. The van der Waals surface area contributed by atoms with Crippen molar-refractivity contribution in [3.63, 3.8) is 0 Å². The summed E-state index contributed by atoms with van der Waals surface area (Å²) in [4.78, 5) is 35.2. The molecule has 0 saturated heterocycles. The number of carbonyl (C=O) groups is 2. The third kappa shape index (κ3) is 5.49. The number of benzene rings is 3. The number of para-hydroxylation sites is 1. The van der Waals surface area contributed by atoms with Gasteiger partial charge in [0.25, 0.3) is 5.69 Å². The van der Waals surface area contributed by atoms with Crippen LogP contribution >= 0.6 is 11.8 Å². The third-order valence-electron chi connectivity index (χ3n) is 5.45. The average molecular weight is 502 g/mol. The lowest BCUT2D eigenvalue weighted by Gasteiger charge is -2.16. The number of aromatic nitrogens is 3. The molecular weight excluding hydrogens is 478 g/mol. The summed E-state index contributed by atoms with van der Waals surface area (Å²) in [5.74, 6) is 0.269. The van der Waals surface area contributed by atoms with Gasteiger partial charge in [0.1, 0.15) is 0 Å². The molecule has 0 spiro atoms. The van der Waals surface area contributed by atoms with Crippen LogP contribution in [0.5, 0.6) is 0 Å². The van der Waals surface area contributed by atoms with Crippen LogP contribution in [0.25, 0.3) is 17.1 Å². The summed E-state index contributed by atoms with van der Waals surface area (Å²) >= 11 is 1.28. The van der Waals surface area contributed by atoms with Crippen LogP contribution in [0, 0.1) is 10.1 Å².